The van der Waals surface area contributed by atoms with Crippen molar-refractivity contribution in [3.63, 3.8) is 0 Å². The number of carboxylic acid groups (broad SMARTS) is 1. The number of benzene rings is 3. The Balaban J connectivity index is 1.37. The normalized spacial score (nSPS) is 12.7. The van der Waals surface area contributed by atoms with Crippen LogP contribution < -0.4 is 25.6 Å². The third-order valence-corrected chi connectivity index (χ3v) is 6.36. The molecule has 0 fully saturated rings. The molecule has 3 aromatic carbocycles. The van der Waals surface area contributed by atoms with E-state index in [1.807, 2.05) is 24.3 Å². The minimum Gasteiger partial charge on any atom is -0.495 e. The van der Waals surface area contributed by atoms with Gasteiger partial charge in [0.15, 0.2) is 0 Å². The Morgan fingerprint density at radius 3 is 2.44 bits per heavy atom. The number of nitrogens with zero attached hydrogens (tertiary/aromatic N) is 1. The summed E-state index contributed by atoms with van der Waals surface area (Å²) in [7, 11) is 1.50. The maximum Gasteiger partial charge on any atom is 0.326 e. The van der Waals surface area contributed by atoms with E-state index < -0.39 is 12.0 Å². The molecule has 1 aliphatic rings. The number of hydrogen-bond donors (Lipinski definition) is 4. The monoisotopic (exact) mass is 530 g/mol. The third-order valence-electron chi connectivity index (χ3n) is 6.36. The number of nitrogens with one attached hydrogen (secondary N) is 3. The highest BCUT2D eigenvalue weighted by atomic mass is 16.5. The first-order valence-corrected chi connectivity index (χ1v) is 12.5. The lowest BCUT2D eigenvalue weighted by molar-refractivity contribution is -0.137. The number of hydrogen-bond acceptors (Lipinski definition) is 5. The molecule has 4 N–H and O–H groups in total. The van der Waals surface area contributed by atoms with E-state index in [-0.39, 0.29) is 30.7 Å². The molecule has 0 aliphatic carbocycles. The van der Waals surface area contributed by atoms with E-state index in [1.54, 1.807) is 47.4 Å². The van der Waals surface area contributed by atoms with Crippen LogP contribution in [-0.4, -0.2) is 42.6 Å². The van der Waals surface area contributed by atoms with Gasteiger partial charge >= 0.3 is 12.0 Å². The number of rotatable bonds is 9. The summed E-state index contributed by atoms with van der Waals surface area (Å²) >= 11 is 0. The number of anilines is 3. The molecule has 0 bridgehead atoms. The van der Waals surface area contributed by atoms with Crippen LogP contribution in [0.2, 0.25) is 0 Å². The Morgan fingerprint density at radius 2 is 1.74 bits per heavy atom. The standard InChI is InChI=1S/C29H30N4O6/c1-18(34)30-24(17-28(36)37)20-8-10-22(11-9-20)31-27(35)16-19-7-12-23(26(15-19)39-2)32-29(38)33-14-13-21-5-3-4-6-25(21)33/h3-12,15,24H,13-14,16-17H2,1-2H3,(H,30,34)(H,31,35)(H,32,38)(H,36,37)/t24-/m0/s1. The molecule has 0 aromatic heterocycles. The first-order chi connectivity index (χ1) is 18.7. The van der Waals surface area contributed by atoms with Gasteiger partial charge in [-0.15, -0.1) is 0 Å². The number of methoxy groups -OCH3 is 1. The van der Waals surface area contributed by atoms with Crippen LogP contribution >= 0.6 is 0 Å². The minimum absolute atomic E-state index is 0.0688. The van der Waals surface area contributed by atoms with Crippen LogP contribution in [0.3, 0.4) is 0 Å². The van der Waals surface area contributed by atoms with Crippen LogP contribution in [-0.2, 0) is 27.2 Å². The largest absolute Gasteiger partial charge is 0.495 e. The van der Waals surface area contributed by atoms with Gasteiger partial charge in [0.2, 0.25) is 11.8 Å². The molecule has 0 spiro atoms. The quantitative estimate of drug-likeness (QED) is 0.328. The number of aliphatic carboxylic acids is 1. The van der Waals surface area contributed by atoms with Crippen molar-refractivity contribution >= 4 is 40.9 Å². The van der Waals surface area contributed by atoms with Gasteiger partial charge in [0.1, 0.15) is 5.75 Å². The molecule has 4 rings (SSSR count). The molecule has 1 heterocycles. The molecule has 0 saturated heterocycles. The van der Waals surface area contributed by atoms with E-state index in [9.17, 15) is 19.2 Å². The van der Waals surface area contributed by atoms with Crippen molar-refractivity contribution in [1.29, 1.82) is 0 Å². The van der Waals surface area contributed by atoms with Gasteiger partial charge in [-0.3, -0.25) is 19.3 Å². The van der Waals surface area contributed by atoms with Gasteiger partial charge in [-0.05, 0) is 53.4 Å². The first kappa shape index (κ1) is 27.2. The Labute approximate surface area is 226 Å². The summed E-state index contributed by atoms with van der Waals surface area (Å²) in [5.41, 5.74) is 4.36. The number of fused-ring (bicyclic) bond motifs is 1. The summed E-state index contributed by atoms with van der Waals surface area (Å²) in [5.74, 6) is -1.19. The summed E-state index contributed by atoms with van der Waals surface area (Å²) in [6.45, 7) is 1.92. The highest BCUT2D eigenvalue weighted by Gasteiger charge is 2.25. The number of amides is 4. The Kier molecular flexibility index (Phi) is 8.45. The molecule has 0 unspecified atom stereocenters. The van der Waals surface area contributed by atoms with Crippen LogP contribution in [0.1, 0.15) is 36.1 Å². The highest BCUT2D eigenvalue weighted by Crippen LogP contribution is 2.30. The number of ether oxygens (including phenoxy) is 1. The molecule has 39 heavy (non-hydrogen) atoms. The number of carbonyl (C=O) groups excluding carboxylic acids is 3. The fourth-order valence-electron chi connectivity index (χ4n) is 4.54. The Hall–Kier alpha value is -4.86. The first-order valence-electron chi connectivity index (χ1n) is 12.5. The van der Waals surface area contributed by atoms with Gasteiger partial charge in [0.05, 0.1) is 31.7 Å². The average Bonchev–Trinajstić information content (AvgIpc) is 3.33. The topological polar surface area (TPSA) is 137 Å². The predicted molar refractivity (Wildman–Crippen MR) is 147 cm³/mol. The SMILES string of the molecule is COc1cc(CC(=O)Nc2ccc([C@H](CC(=O)O)NC(C)=O)cc2)ccc1NC(=O)N1CCc2ccccc21. The number of urea groups is 1. The summed E-state index contributed by atoms with van der Waals surface area (Å²) < 4.78 is 5.47. The molecule has 202 valence electrons. The van der Waals surface area contributed by atoms with Crippen molar-refractivity contribution in [2.24, 2.45) is 0 Å². The summed E-state index contributed by atoms with van der Waals surface area (Å²) in [6.07, 6.45) is 0.615. The van der Waals surface area contributed by atoms with Gasteiger partial charge in [0.25, 0.3) is 0 Å². The second-order valence-electron chi connectivity index (χ2n) is 9.19. The van der Waals surface area contributed by atoms with Crippen LogP contribution in [0.4, 0.5) is 21.9 Å². The third kappa shape index (κ3) is 6.92. The maximum absolute atomic E-state index is 12.9. The van der Waals surface area contributed by atoms with E-state index in [4.69, 9.17) is 9.84 Å². The minimum atomic E-state index is -1.03. The van der Waals surface area contributed by atoms with E-state index >= 15 is 0 Å². The number of carbonyl (C=O) groups is 4. The molecule has 10 heteroatoms. The van der Waals surface area contributed by atoms with Crippen molar-refractivity contribution in [3.05, 3.63) is 83.4 Å². The van der Waals surface area contributed by atoms with Crippen LogP contribution in [0.5, 0.6) is 5.75 Å². The second kappa shape index (κ2) is 12.1. The van der Waals surface area contributed by atoms with E-state index in [2.05, 4.69) is 16.0 Å². The van der Waals surface area contributed by atoms with E-state index in [0.717, 1.165) is 17.7 Å². The molecule has 0 radical (unpaired) electrons. The lowest BCUT2D eigenvalue weighted by atomic mass is 10.0. The van der Waals surface area contributed by atoms with Crippen LogP contribution in [0.15, 0.2) is 66.7 Å². The van der Waals surface area contributed by atoms with Crippen molar-refractivity contribution < 1.29 is 29.0 Å². The highest BCUT2D eigenvalue weighted by molar-refractivity contribution is 6.04. The van der Waals surface area contributed by atoms with Gasteiger partial charge in [-0.2, -0.15) is 0 Å². The fraction of sp³-hybridized carbons (Fsp3) is 0.241. The van der Waals surface area contributed by atoms with Gasteiger partial charge in [-0.25, -0.2) is 4.79 Å². The number of carboxylic acids is 1. The molecule has 4 amide bonds. The maximum atomic E-state index is 12.9. The summed E-state index contributed by atoms with van der Waals surface area (Å²) in [6, 6.07) is 18.7. The Morgan fingerprint density at radius 1 is 1.00 bits per heavy atom. The molecule has 0 saturated carbocycles. The summed E-state index contributed by atoms with van der Waals surface area (Å²) in [5, 5.41) is 17.4. The zero-order valence-corrected chi connectivity index (χ0v) is 21.7. The average molecular weight is 531 g/mol. The van der Waals surface area contributed by atoms with Crippen LogP contribution in [0, 0.1) is 0 Å². The lowest BCUT2D eigenvalue weighted by Gasteiger charge is -2.19. The molecule has 10 nitrogen and oxygen atoms in total. The molecule has 1 aliphatic heterocycles. The Bertz CT molecular complexity index is 1370. The van der Waals surface area contributed by atoms with Gasteiger partial charge < -0.3 is 25.8 Å². The molecule has 3 aromatic rings. The number of para-hydroxylation sites is 1. The molecule has 1 atom stereocenters. The van der Waals surface area contributed by atoms with Gasteiger partial charge in [0, 0.05) is 24.8 Å². The second-order valence-corrected chi connectivity index (χ2v) is 9.19. The fourth-order valence-corrected chi connectivity index (χ4v) is 4.54. The summed E-state index contributed by atoms with van der Waals surface area (Å²) in [4.78, 5) is 49.9. The van der Waals surface area contributed by atoms with E-state index in [1.165, 1.54) is 14.0 Å². The van der Waals surface area contributed by atoms with Crippen molar-refractivity contribution in [2.75, 3.05) is 29.2 Å². The zero-order valence-electron chi connectivity index (χ0n) is 21.7. The van der Waals surface area contributed by atoms with Crippen molar-refractivity contribution in [1.82, 2.24) is 5.32 Å². The van der Waals surface area contributed by atoms with Crippen LogP contribution in [0.25, 0.3) is 0 Å². The predicted octanol–water partition coefficient (Wildman–Crippen LogP) is 4.12. The van der Waals surface area contributed by atoms with E-state index in [0.29, 0.717) is 34.8 Å². The van der Waals surface area contributed by atoms with Gasteiger partial charge in [-0.1, -0.05) is 36.4 Å². The van der Waals surface area contributed by atoms with Crippen molar-refractivity contribution in [2.45, 2.75) is 32.2 Å². The smallest absolute Gasteiger partial charge is 0.326 e. The molecular weight excluding hydrogens is 500 g/mol. The van der Waals surface area contributed by atoms with Crippen molar-refractivity contribution in [3.8, 4) is 5.75 Å². The lowest BCUT2D eigenvalue weighted by Crippen LogP contribution is -2.33. The zero-order chi connectivity index (χ0) is 27.9. The molecular formula is C29H30N4O6.